The fourth-order valence-electron chi connectivity index (χ4n) is 2.22. The first-order valence-corrected chi connectivity index (χ1v) is 7.30. The normalized spacial score (nSPS) is 11.6. The highest BCUT2D eigenvalue weighted by Gasteiger charge is 2.20. The fraction of sp³-hybridized carbons (Fsp3) is 0.294. The molecule has 1 aromatic carbocycles. The maximum absolute atomic E-state index is 12.3. The second kappa shape index (κ2) is 8.14. The lowest BCUT2D eigenvalue weighted by molar-refractivity contribution is 0.149. The maximum Gasteiger partial charge on any atom is 0.318 e. The monoisotopic (exact) mass is 315 g/mol. The number of aromatic nitrogens is 1. The Kier molecular flexibility index (Phi) is 5.94. The average Bonchev–Trinajstić information content (AvgIpc) is 2.61. The molecule has 0 saturated heterocycles. The minimum Gasteiger partial charge on any atom is -0.497 e. The lowest BCUT2D eigenvalue weighted by Crippen LogP contribution is -2.40. The number of pyridine rings is 1. The highest BCUT2D eigenvalue weighted by Crippen LogP contribution is 2.21. The first kappa shape index (κ1) is 16.8. The molecule has 2 N–H and O–H groups in total. The van der Waals surface area contributed by atoms with E-state index >= 15 is 0 Å². The molecule has 23 heavy (non-hydrogen) atoms. The Balaban J connectivity index is 2.00. The second-order valence-corrected chi connectivity index (χ2v) is 5.10. The Labute approximate surface area is 135 Å². The van der Waals surface area contributed by atoms with Crippen molar-refractivity contribution in [2.75, 3.05) is 20.8 Å². The van der Waals surface area contributed by atoms with E-state index in [0.717, 1.165) is 16.9 Å². The molecule has 0 fully saturated rings. The summed E-state index contributed by atoms with van der Waals surface area (Å²) in [4.78, 5) is 17.7. The van der Waals surface area contributed by atoms with Gasteiger partial charge in [0.1, 0.15) is 5.75 Å². The molecule has 1 atom stereocenters. The molecule has 2 rings (SSSR count). The molecule has 6 heteroatoms. The minimum atomic E-state index is -0.418. The summed E-state index contributed by atoms with van der Waals surface area (Å²) >= 11 is 0. The number of hydrogen-bond donors (Lipinski definition) is 2. The molecule has 0 spiro atoms. The number of hydrogen-bond acceptors (Lipinski definition) is 4. The number of methoxy groups -OCH3 is 1. The van der Waals surface area contributed by atoms with E-state index in [-0.39, 0.29) is 12.6 Å². The number of ether oxygens (including phenoxy) is 1. The van der Waals surface area contributed by atoms with E-state index in [1.54, 1.807) is 38.7 Å². The van der Waals surface area contributed by atoms with Gasteiger partial charge >= 0.3 is 6.03 Å². The molecular weight excluding hydrogens is 294 g/mol. The Hall–Kier alpha value is -2.60. The standard InChI is InChI=1S/C17H21N3O3/c1-20(17(22)19-11-13-7-9-18-10-8-13)16(12-21)14-3-5-15(23-2)6-4-14/h3-10,16,21H,11-12H2,1-2H3,(H,19,22)/t16-/m0/s1. The smallest absolute Gasteiger partial charge is 0.318 e. The van der Waals surface area contributed by atoms with Crippen molar-refractivity contribution in [2.24, 2.45) is 0 Å². The van der Waals surface area contributed by atoms with Crippen molar-refractivity contribution in [3.63, 3.8) is 0 Å². The van der Waals surface area contributed by atoms with Crippen LogP contribution in [0.3, 0.4) is 0 Å². The number of rotatable bonds is 6. The molecule has 0 aliphatic heterocycles. The molecular formula is C17H21N3O3. The lowest BCUT2D eigenvalue weighted by Gasteiger charge is -2.27. The van der Waals surface area contributed by atoms with Crippen LogP contribution in [0.15, 0.2) is 48.8 Å². The van der Waals surface area contributed by atoms with E-state index in [9.17, 15) is 9.90 Å². The van der Waals surface area contributed by atoms with E-state index in [4.69, 9.17) is 4.74 Å². The zero-order valence-corrected chi connectivity index (χ0v) is 13.3. The molecule has 0 bridgehead atoms. The summed E-state index contributed by atoms with van der Waals surface area (Å²) < 4.78 is 5.12. The molecule has 6 nitrogen and oxygen atoms in total. The number of carbonyl (C=O) groups excluding carboxylic acids is 1. The van der Waals surface area contributed by atoms with Gasteiger partial charge in [0.25, 0.3) is 0 Å². The first-order valence-electron chi connectivity index (χ1n) is 7.30. The molecule has 2 amide bonds. The van der Waals surface area contributed by atoms with E-state index in [2.05, 4.69) is 10.3 Å². The quantitative estimate of drug-likeness (QED) is 0.854. The van der Waals surface area contributed by atoms with Crippen molar-refractivity contribution in [1.29, 1.82) is 0 Å². The SMILES string of the molecule is COc1ccc([C@H](CO)N(C)C(=O)NCc2ccncc2)cc1. The number of urea groups is 1. The number of benzene rings is 1. The van der Waals surface area contributed by atoms with Gasteiger partial charge in [-0.15, -0.1) is 0 Å². The van der Waals surface area contributed by atoms with Crippen LogP contribution in [0.4, 0.5) is 4.79 Å². The highest BCUT2D eigenvalue weighted by atomic mass is 16.5. The summed E-state index contributed by atoms with van der Waals surface area (Å²) in [6, 6.07) is 10.3. The first-order chi connectivity index (χ1) is 11.2. The molecule has 0 unspecified atom stereocenters. The summed E-state index contributed by atoms with van der Waals surface area (Å²) in [5.41, 5.74) is 1.81. The fourth-order valence-corrected chi connectivity index (χ4v) is 2.22. The molecule has 0 saturated carbocycles. The van der Waals surface area contributed by atoms with Gasteiger partial charge in [-0.2, -0.15) is 0 Å². The zero-order chi connectivity index (χ0) is 16.7. The van der Waals surface area contributed by atoms with Gasteiger partial charge in [-0.05, 0) is 35.4 Å². The third-order valence-corrected chi connectivity index (χ3v) is 3.65. The highest BCUT2D eigenvalue weighted by molar-refractivity contribution is 5.74. The van der Waals surface area contributed by atoms with E-state index in [0.29, 0.717) is 6.54 Å². The van der Waals surface area contributed by atoms with Gasteiger partial charge in [-0.1, -0.05) is 12.1 Å². The predicted octanol–water partition coefficient (Wildman–Crippen LogP) is 1.97. The summed E-state index contributed by atoms with van der Waals surface area (Å²) in [5.74, 6) is 0.732. The molecule has 1 aromatic heterocycles. The van der Waals surface area contributed by atoms with Crippen molar-refractivity contribution in [1.82, 2.24) is 15.2 Å². The van der Waals surface area contributed by atoms with Crippen LogP contribution in [0.25, 0.3) is 0 Å². The van der Waals surface area contributed by atoms with Crippen molar-refractivity contribution in [3.8, 4) is 5.75 Å². The van der Waals surface area contributed by atoms with Gasteiger partial charge in [0.15, 0.2) is 0 Å². The molecule has 0 aliphatic rings. The largest absolute Gasteiger partial charge is 0.497 e. The number of nitrogens with one attached hydrogen (secondary N) is 1. The number of likely N-dealkylation sites (N-methyl/N-ethyl adjacent to an activating group) is 1. The van der Waals surface area contributed by atoms with Crippen LogP contribution in [0.1, 0.15) is 17.2 Å². The van der Waals surface area contributed by atoms with Crippen LogP contribution >= 0.6 is 0 Å². The van der Waals surface area contributed by atoms with Gasteiger partial charge in [0.2, 0.25) is 0 Å². The van der Waals surface area contributed by atoms with Gasteiger partial charge in [-0.25, -0.2) is 4.79 Å². The lowest BCUT2D eigenvalue weighted by atomic mass is 10.1. The van der Waals surface area contributed by atoms with Crippen molar-refractivity contribution >= 4 is 6.03 Å². The number of aliphatic hydroxyl groups excluding tert-OH is 1. The van der Waals surface area contributed by atoms with Crippen molar-refractivity contribution < 1.29 is 14.6 Å². The van der Waals surface area contributed by atoms with Crippen LogP contribution in [0, 0.1) is 0 Å². The minimum absolute atomic E-state index is 0.161. The summed E-state index contributed by atoms with van der Waals surface area (Å²) in [6.07, 6.45) is 3.36. The summed E-state index contributed by atoms with van der Waals surface area (Å²) in [5, 5.41) is 12.5. The second-order valence-electron chi connectivity index (χ2n) is 5.10. The summed E-state index contributed by atoms with van der Waals surface area (Å²) in [6.45, 7) is 0.248. The van der Waals surface area contributed by atoms with Crippen LogP contribution in [-0.4, -0.2) is 41.8 Å². The molecule has 0 radical (unpaired) electrons. The van der Waals surface area contributed by atoms with Gasteiger partial charge in [-0.3, -0.25) is 4.98 Å². The van der Waals surface area contributed by atoms with E-state index in [1.165, 1.54) is 4.90 Å². The Morgan fingerprint density at radius 3 is 2.48 bits per heavy atom. The Bertz CT molecular complexity index is 617. The zero-order valence-electron chi connectivity index (χ0n) is 13.3. The van der Waals surface area contributed by atoms with Crippen LogP contribution in [0.2, 0.25) is 0 Å². The van der Waals surface area contributed by atoms with Crippen LogP contribution in [0.5, 0.6) is 5.75 Å². The third-order valence-electron chi connectivity index (χ3n) is 3.65. The molecule has 2 aromatic rings. The average molecular weight is 315 g/mol. The number of aliphatic hydroxyl groups is 1. The van der Waals surface area contributed by atoms with Gasteiger partial charge in [0.05, 0.1) is 19.8 Å². The van der Waals surface area contributed by atoms with Crippen LogP contribution < -0.4 is 10.1 Å². The molecule has 1 heterocycles. The maximum atomic E-state index is 12.3. The van der Waals surface area contributed by atoms with Crippen LogP contribution in [-0.2, 0) is 6.54 Å². The Morgan fingerprint density at radius 1 is 1.26 bits per heavy atom. The number of nitrogens with zero attached hydrogens (tertiary/aromatic N) is 2. The van der Waals surface area contributed by atoms with Crippen molar-refractivity contribution in [2.45, 2.75) is 12.6 Å². The topological polar surface area (TPSA) is 74.7 Å². The van der Waals surface area contributed by atoms with E-state index in [1.807, 2.05) is 24.3 Å². The summed E-state index contributed by atoms with van der Waals surface area (Å²) in [7, 11) is 3.25. The predicted molar refractivity (Wildman–Crippen MR) is 87.1 cm³/mol. The number of carbonyl (C=O) groups is 1. The van der Waals surface area contributed by atoms with Gasteiger partial charge in [0, 0.05) is 26.0 Å². The number of amides is 2. The van der Waals surface area contributed by atoms with Gasteiger partial charge < -0.3 is 20.1 Å². The molecule has 0 aliphatic carbocycles. The Morgan fingerprint density at radius 2 is 1.91 bits per heavy atom. The van der Waals surface area contributed by atoms with E-state index < -0.39 is 6.04 Å². The van der Waals surface area contributed by atoms with Crippen molar-refractivity contribution in [3.05, 3.63) is 59.9 Å². The third kappa shape index (κ3) is 4.43. The molecule has 122 valence electrons.